The zero-order valence-electron chi connectivity index (χ0n) is 16.4. The summed E-state index contributed by atoms with van der Waals surface area (Å²) in [5.74, 6) is 1.12. The third kappa shape index (κ3) is 6.14. The maximum absolute atomic E-state index is 12.8. The molecule has 0 radical (unpaired) electrons. The third-order valence-electron chi connectivity index (χ3n) is 4.93. The summed E-state index contributed by atoms with van der Waals surface area (Å²) < 4.78 is 27.0. The first-order chi connectivity index (χ1) is 14.4. The number of piperidine rings is 1. The second kappa shape index (κ2) is 10.9. The lowest BCUT2D eigenvalue weighted by atomic mass is 9.99. The average molecular weight is 487 g/mol. The molecule has 0 spiro atoms. The molecule has 1 fully saturated rings. The topological polar surface area (TPSA) is 66.5 Å². The SMILES string of the molecule is O=C(NCCSCc1ccc(Cl)c(Cl)c1)[C@@H]1CCCN(S(=O)(=O)c2ccccc2)C1. The Morgan fingerprint density at radius 2 is 1.90 bits per heavy atom. The highest BCUT2D eigenvalue weighted by atomic mass is 35.5. The van der Waals surface area contributed by atoms with Crippen molar-refractivity contribution in [3.05, 3.63) is 64.1 Å². The van der Waals surface area contributed by atoms with E-state index in [1.54, 1.807) is 48.2 Å². The smallest absolute Gasteiger partial charge is 0.243 e. The van der Waals surface area contributed by atoms with Gasteiger partial charge in [0.25, 0.3) is 0 Å². The van der Waals surface area contributed by atoms with Crippen molar-refractivity contribution in [3.63, 3.8) is 0 Å². The van der Waals surface area contributed by atoms with Gasteiger partial charge in [-0.15, -0.1) is 0 Å². The number of amides is 1. The highest BCUT2D eigenvalue weighted by molar-refractivity contribution is 7.98. The van der Waals surface area contributed by atoms with Crippen molar-refractivity contribution in [3.8, 4) is 0 Å². The van der Waals surface area contributed by atoms with Gasteiger partial charge >= 0.3 is 0 Å². The Morgan fingerprint density at radius 3 is 2.63 bits per heavy atom. The monoisotopic (exact) mass is 486 g/mol. The van der Waals surface area contributed by atoms with Crippen LogP contribution >= 0.6 is 35.0 Å². The molecule has 0 saturated carbocycles. The van der Waals surface area contributed by atoms with Gasteiger partial charge in [-0.25, -0.2) is 8.42 Å². The number of thioether (sulfide) groups is 1. The third-order valence-corrected chi connectivity index (χ3v) is 8.58. The van der Waals surface area contributed by atoms with Crippen molar-refractivity contribution in [2.75, 3.05) is 25.4 Å². The summed E-state index contributed by atoms with van der Waals surface area (Å²) >= 11 is 13.6. The molecule has 1 N–H and O–H groups in total. The molecule has 1 atom stereocenters. The van der Waals surface area contributed by atoms with E-state index in [0.29, 0.717) is 36.0 Å². The Balaban J connectivity index is 1.44. The van der Waals surface area contributed by atoms with Crippen molar-refractivity contribution < 1.29 is 13.2 Å². The summed E-state index contributed by atoms with van der Waals surface area (Å²) in [6, 6.07) is 13.9. The van der Waals surface area contributed by atoms with Crippen LogP contribution in [-0.2, 0) is 20.6 Å². The Kier molecular flexibility index (Phi) is 8.48. The fourth-order valence-electron chi connectivity index (χ4n) is 3.33. The fraction of sp³-hybridized carbons (Fsp3) is 0.381. The molecule has 162 valence electrons. The lowest BCUT2D eigenvalue weighted by molar-refractivity contribution is -0.125. The van der Waals surface area contributed by atoms with E-state index < -0.39 is 10.0 Å². The summed E-state index contributed by atoms with van der Waals surface area (Å²) in [5.41, 5.74) is 1.08. The van der Waals surface area contributed by atoms with Gasteiger partial charge < -0.3 is 5.32 Å². The van der Waals surface area contributed by atoms with Crippen LogP contribution in [0.15, 0.2) is 53.4 Å². The summed E-state index contributed by atoms with van der Waals surface area (Å²) in [7, 11) is -3.57. The number of nitrogens with zero attached hydrogens (tertiary/aromatic N) is 1. The van der Waals surface area contributed by atoms with Gasteiger partial charge in [0.15, 0.2) is 0 Å². The number of halogens is 2. The van der Waals surface area contributed by atoms with Crippen LogP contribution in [0.25, 0.3) is 0 Å². The van der Waals surface area contributed by atoms with Crippen LogP contribution in [-0.4, -0.2) is 44.0 Å². The van der Waals surface area contributed by atoms with E-state index in [1.807, 2.05) is 12.1 Å². The van der Waals surface area contributed by atoms with Crippen molar-refractivity contribution in [1.82, 2.24) is 9.62 Å². The number of carbonyl (C=O) groups excluding carboxylic acids is 1. The Bertz CT molecular complexity index is 971. The molecule has 0 aliphatic carbocycles. The van der Waals surface area contributed by atoms with Gasteiger partial charge in [0, 0.05) is 31.1 Å². The highest BCUT2D eigenvalue weighted by Gasteiger charge is 2.33. The van der Waals surface area contributed by atoms with Crippen molar-refractivity contribution in [2.45, 2.75) is 23.5 Å². The van der Waals surface area contributed by atoms with Gasteiger partial charge in [-0.05, 0) is 42.7 Å². The predicted molar refractivity (Wildman–Crippen MR) is 124 cm³/mol. The van der Waals surface area contributed by atoms with Crippen molar-refractivity contribution in [2.24, 2.45) is 5.92 Å². The van der Waals surface area contributed by atoms with Gasteiger partial charge in [-0.2, -0.15) is 16.1 Å². The molecule has 1 aliphatic rings. The van der Waals surface area contributed by atoms with E-state index in [1.165, 1.54) is 4.31 Å². The van der Waals surface area contributed by atoms with Gasteiger partial charge in [-0.3, -0.25) is 4.79 Å². The maximum Gasteiger partial charge on any atom is 0.243 e. The molecule has 0 aromatic heterocycles. The van der Waals surface area contributed by atoms with E-state index >= 15 is 0 Å². The van der Waals surface area contributed by atoms with Crippen LogP contribution in [0, 0.1) is 5.92 Å². The first kappa shape index (κ1) is 23.4. The molecule has 30 heavy (non-hydrogen) atoms. The summed E-state index contributed by atoms with van der Waals surface area (Å²) in [6.45, 7) is 1.20. The van der Waals surface area contributed by atoms with Crippen LogP contribution < -0.4 is 5.32 Å². The minimum Gasteiger partial charge on any atom is -0.355 e. The Labute approximate surface area is 192 Å². The molecule has 2 aromatic rings. The van der Waals surface area contributed by atoms with Gasteiger partial charge in [0.05, 0.1) is 20.9 Å². The zero-order chi connectivity index (χ0) is 21.6. The number of benzene rings is 2. The van der Waals surface area contributed by atoms with Crippen LogP contribution in [0.3, 0.4) is 0 Å². The number of sulfonamides is 1. The molecule has 2 aromatic carbocycles. The van der Waals surface area contributed by atoms with Crippen LogP contribution in [0.4, 0.5) is 0 Å². The lowest BCUT2D eigenvalue weighted by Crippen LogP contribution is -2.45. The van der Waals surface area contributed by atoms with E-state index in [4.69, 9.17) is 23.2 Å². The molecule has 3 rings (SSSR count). The van der Waals surface area contributed by atoms with Gasteiger partial charge in [-0.1, -0.05) is 47.5 Å². The molecular formula is C21H24Cl2N2O3S2. The standard InChI is InChI=1S/C21H24Cl2N2O3S2/c22-19-9-8-16(13-20(19)23)15-29-12-10-24-21(26)17-5-4-11-25(14-17)30(27,28)18-6-2-1-3-7-18/h1-3,6-9,13,17H,4-5,10-12,14-15H2,(H,24,26)/t17-/m1/s1. The molecule has 1 saturated heterocycles. The quantitative estimate of drug-likeness (QED) is 0.559. The molecule has 9 heteroatoms. The van der Waals surface area contributed by atoms with Crippen molar-refractivity contribution in [1.29, 1.82) is 0 Å². The van der Waals surface area contributed by atoms with Gasteiger partial charge in [0.1, 0.15) is 0 Å². The van der Waals surface area contributed by atoms with E-state index in [0.717, 1.165) is 17.1 Å². The summed E-state index contributed by atoms with van der Waals surface area (Å²) in [5, 5.41) is 4.02. The molecular weight excluding hydrogens is 463 g/mol. The number of hydrogen-bond acceptors (Lipinski definition) is 4. The minimum absolute atomic E-state index is 0.0851. The van der Waals surface area contributed by atoms with E-state index in [-0.39, 0.29) is 23.3 Å². The molecule has 1 aliphatic heterocycles. The zero-order valence-corrected chi connectivity index (χ0v) is 19.5. The second-order valence-corrected chi connectivity index (χ2v) is 11.0. The highest BCUT2D eigenvalue weighted by Crippen LogP contribution is 2.25. The predicted octanol–water partition coefficient (Wildman–Crippen LogP) is 4.44. The second-order valence-electron chi connectivity index (χ2n) is 7.11. The largest absolute Gasteiger partial charge is 0.355 e. The normalized spacial score (nSPS) is 17.6. The summed E-state index contributed by atoms with van der Waals surface area (Å²) in [6.07, 6.45) is 1.37. The van der Waals surface area contributed by atoms with E-state index in [2.05, 4.69) is 5.32 Å². The lowest BCUT2D eigenvalue weighted by Gasteiger charge is -2.31. The number of nitrogens with one attached hydrogen (secondary N) is 1. The Hall–Kier alpha value is -1.25. The molecule has 1 amide bonds. The first-order valence-electron chi connectivity index (χ1n) is 9.72. The number of rotatable bonds is 8. The fourth-order valence-corrected chi connectivity index (χ4v) is 6.00. The number of carbonyl (C=O) groups is 1. The molecule has 0 bridgehead atoms. The number of hydrogen-bond donors (Lipinski definition) is 1. The summed E-state index contributed by atoms with van der Waals surface area (Å²) in [4.78, 5) is 12.8. The van der Waals surface area contributed by atoms with Crippen LogP contribution in [0.5, 0.6) is 0 Å². The first-order valence-corrected chi connectivity index (χ1v) is 13.1. The molecule has 5 nitrogen and oxygen atoms in total. The van der Waals surface area contributed by atoms with Gasteiger partial charge in [0.2, 0.25) is 15.9 Å². The van der Waals surface area contributed by atoms with Crippen LogP contribution in [0.2, 0.25) is 10.0 Å². The maximum atomic E-state index is 12.8. The molecule has 1 heterocycles. The minimum atomic E-state index is -3.57. The average Bonchev–Trinajstić information content (AvgIpc) is 2.76. The Morgan fingerprint density at radius 1 is 1.13 bits per heavy atom. The molecule has 0 unspecified atom stereocenters. The van der Waals surface area contributed by atoms with Crippen LogP contribution in [0.1, 0.15) is 18.4 Å². The van der Waals surface area contributed by atoms with E-state index in [9.17, 15) is 13.2 Å². The van der Waals surface area contributed by atoms with Crippen molar-refractivity contribution >= 4 is 50.9 Å².